The van der Waals surface area contributed by atoms with E-state index in [9.17, 15) is 18.0 Å². The monoisotopic (exact) mass is 455 g/mol. The fourth-order valence-corrected chi connectivity index (χ4v) is 3.36. The topological polar surface area (TPSA) is 94.5 Å². The molecule has 3 heterocycles. The van der Waals surface area contributed by atoms with Gasteiger partial charge in [-0.25, -0.2) is 4.52 Å². The average Bonchev–Trinajstić information content (AvgIpc) is 3.28. The Balaban J connectivity index is 1.25. The maximum atomic E-state index is 12.4. The first-order chi connectivity index (χ1) is 14.7. The third kappa shape index (κ3) is 5.23. The highest BCUT2D eigenvalue weighted by molar-refractivity contribution is 6.30. The third-order valence-electron chi connectivity index (χ3n) is 4.81. The van der Waals surface area contributed by atoms with Crippen molar-refractivity contribution in [1.82, 2.24) is 25.1 Å². The van der Waals surface area contributed by atoms with Gasteiger partial charge in [-0.1, -0.05) is 18.2 Å². The van der Waals surface area contributed by atoms with Gasteiger partial charge in [0.1, 0.15) is 0 Å². The van der Waals surface area contributed by atoms with Gasteiger partial charge in [0.05, 0.1) is 16.6 Å². The molecule has 164 valence electrons. The predicted octanol–water partition coefficient (Wildman–Crippen LogP) is 4.03. The fraction of sp³-hybridized carbons (Fsp3) is 0.368. The number of hydrogen-bond acceptors (Lipinski definition) is 6. The summed E-state index contributed by atoms with van der Waals surface area (Å²) in [5.41, 5.74) is 1.36. The molecule has 8 nitrogen and oxygen atoms in total. The number of alkyl halides is 3. The number of amides is 1. The van der Waals surface area contributed by atoms with Crippen LogP contribution in [0.25, 0.3) is 5.52 Å². The van der Waals surface area contributed by atoms with Crippen LogP contribution < -0.4 is 5.32 Å². The fourth-order valence-electron chi connectivity index (χ4n) is 3.20. The van der Waals surface area contributed by atoms with Gasteiger partial charge < -0.3 is 9.73 Å². The summed E-state index contributed by atoms with van der Waals surface area (Å²) in [5.74, 6) is -0.0655. The number of allylic oxidation sites excluding steroid dienone is 1. The van der Waals surface area contributed by atoms with E-state index in [1.165, 1.54) is 4.52 Å². The number of halogens is 4. The van der Waals surface area contributed by atoms with Crippen molar-refractivity contribution in [3.05, 3.63) is 59.2 Å². The number of nitrogens with zero attached hydrogens (tertiary/aromatic N) is 4. The quantitative estimate of drug-likeness (QED) is 0.578. The minimum absolute atomic E-state index is 0.175. The molecular weight excluding hydrogens is 439 g/mol. The van der Waals surface area contributed by atoms with Gasteiger partial charge >= 0.3 is 6.36 Å². The number of ether oxygens (including phenoxy) is 1. The van der Waals surface area contributed by atoms with E-state index >= 15 is 0 Å². The zero-order valence-corrected chi connectivity index (χ0v) is 16.8. The first-order valence-corrected chi connectivity index (χ1v) is 9.75. The van der Waals surface area contributed by atoms with E-state index in [-0.39, 0.29) is 30.3 Å². The number of carbonyl (C=O) groups excluding carboxylic acids is 1. The molecular formula is C19H17ClF3N5O3. The van der Waals surface area contributed by atoms with E-state index in [1.54, 1.807) is 24.4 Å². The van der Waals surface area contributed by atoms with E-state index in [0.717, 1.165) is 5.52 Å². The van der Waals surface area contributed by atoms with Crippen LogP contribution in [-0.4, -0.2) is 38.2 Å². The maximum Gasteiger partial charge on any atom is 0.522 e. The molecule has 1 fully saturated rings. The summed E-state index contributed by atoms with van der Waals surface area (Å²) < 4.78 is 47.5. The van der Waals surface area contributed by atoms with Crippen LogP contribution in [0.2, 0.25) is 5.02 Å². The normalized spacial score (nSPS) is 18.7. The molecule has 0 spiro atoms. The molecule has 1 amide bonds. The molecule has 0 aromatic carbocycles. The van der Waals surface area contributed by atoms with E-state index in [4.69, 9.17) is 16.0 Å². The average molecular weight is 456 g/mol. The Morgan fingerprint density at radius 2 is 2.13 bits per heavy atom. The molecule has 0 bridgehead atoms. The molecule has 1 aliphatic rings. The maximum absolute atomic E-state index is 12.4. The van der Waals surface area contributed by atoms with Gasteiger partial charge in [0.2, 0.25) is 11.8 Å². The molecule has 3 aromatic heterocycles. The molecule has 12 heteroatoms. The van der Waals surface area contributed by atoms with Crippen LogP contribution in [0, 0.1) is 0 Å². The molecule has 1 saturated carbocycles. The standard InChI is InChI=1S/C19H17ClF3N5O3/c1-10(24-17(29)15-8-13-4-3-12(20)9-28(13)27-15)2-5-16-25-26-18(30-16)11-6-14(7-11)31-19(21,22)23/h3-4,8-9,11,14H,1-2,5-7H2,(H,24,29). The summed E-state index contributed by atoms with van der Waals surface area (Å²) in [6.45, 7) is 3.82. The van der Waals surface area contributed by atoms with Crippen molar-refractivity contribution in [2.45, 2.75) is 44.1 Å². The van der Waals surface area contributed by atoms with Crippen molar-refractivity contribution in [2.24, 2.45) is 0 Å². The van der Waals surface area contributed by atoms with Crippen molar-refractivity contribution < 1.29 is 27.1 Å². The summed E-state index contributed by atoms with van der Waals surface area (Å²) in [6, 6.07) is 5.07. The number of nitrogens with one attached hydrogen (secondary N) is 1. The second-order valence-corrected chi connectivity index (χ2v) is 7.63. The minimum Gasteiger partial charge on any atom is -0.425 e. The zero-order chi connectivity index (χ0) is 22.2. The Bertz CT molecular complexity index is 1120. The largest absolute Gasteiger partial charge is 0.522 e. The van der Waals surface area contributed by atoms with Gasteiger partial charge in [0.25, 0.3) is 5.91 Å². The lowest BCUT2D eigenvalue weighted by Gasteiger charge is -2.32. The minimum atomic E-state index is -4.64. The van der Waals surface area contributed by atoms with Crippen LogP contribution >= 0.6 is 11.6 Å². The molecule has 4 rings (SSSR count). The van der Waals surface area contributed by atoms with Crippen LogP contribution in [0.1, 0.15) is 47.5 Å². The van der Waals surface area contributed by atoms with Gasteiger partial charge in [-0.3, -0.25) is 9.53 Å². The summed E-state index contributed by atoms with van der Waals surface area (Å²) in [6.07, 6.45) is -2.92. The molecule has 1 aliphatic carbocycles. The van der Waals surface area contributed by atoms with Crippen molar-refractivity contribution in [1.29, 1.82) is 0 Å². The SMILES string of the molecule is C=C(CCc1nnc(C2CC(OC(F)(F)F)C2)o1)NC(=O)c1cc2ccc(Cl)cn2n1. The first kappa shape index (κ1) is 21.3. The van der Waals surface area contributed by atoms with Gasteiger partial charge in [-0.15, -0.1) is 23.4 Å². The Labute approximate surface area is 179 Å². The smallest absolute Gasteiger partial charge is 0.425 e. The number of carbonyl (C=O) groups is 1. The van der Waals surface area contributed by atoms with Crippen molar-refractivity contribution in [3.63, 3.8) is 0 Å². The lowest BCUT2D eigenvalue weighted by molar-refractivity contribution is -0.352. The number of aryl methyl sites for hydroxylation is 1. The van der Waals surface area contributed by atoms with Crippen LogP contribution in [0.15, 0.2) is 41.1 Å². The highest BCUT2D eigenvalue weighted by atomic mass is 35.5. The highest BCUT2D eigenvalue weighted by Crippen LogP contribution is 2.40. The van der Waals surface area contributed by atoms with Crippen LogP contribution in [-0.2, 0) is 11.2 Å². The van der Waals surface area contributed by atoms with E-state index < -0.39 is 18.4 Å². The molecule has 3 aromatic rings. The van der Waals surface area contributed by atoms with Crippen LogP contribution in [0.4, 0.5) is 13.2 Å². The Hall–Kier alpha value is -2.92. The number of aromatic nitrogens is 4. The Kier molecular flexibility index (Phi) is 5.71. The molecule has 1 N–H and O–H groups in total. The van der Waals surface area contributed by atoms with E-state index in [0.29, 0.717) is 29.5 Å². The highest BCUT2D eigenvalue weighted by Gasteiger charge is 2.42. The van der Waals surface area contributed by atoms with Gasteiger partial charge in [-0.2, -0.15) is 5.10 Å². The van der Waals surface area contributed by atoms with E-state index in [2.05, 4.69) is 31.9 Å². The van der Waals surface area contributed by atoms with Crippen molar-refractivity contribution >= 4 is 23.0 Å². The predicted molar refractivity (Wildman–Crippen MR) is 102 cm³/mol. The summed E-state index contributed by atoms with van der Waals surface area (Å²) >= 11 is 5.91. The van der Waals surface area contributed by atoms with E-state index in [1.807, 2.05) is 0 Å². The lowest BCUT2D eigenvalue weighted by atomic mass is 9.82. The van der Waals surface area contributed by atoms with Gasteiger partial charge in [-0.05, 0) is 37.5 Å². The number of rotatable bonds is 7. The van der Waals surface area contributed by atoms with Crippen molar-refractivity contribution in [3.8, 4) is 0 Å². The Morgan fingerprint density at radius 3 is 2.87 bits per heavy atom. The van der Waals surface area contributed by atoms with Crippen molar-refractivity contribution in [2.75, 3.05) is 0 Å². The number of fused-ring (bicyclic) bond motifs is 1. The second kappa shape index (κ2) is 8.31. The van der Waals surface area contributed by atoms with Gasteiger partial charge in [0.15, 0.2) is 5.69 Å². The summed E-state index contributed by atoms with van der Waals surface area (Å²) in [4.78, 5) is 12.4. The number of hydrogen-bond donors (Lipinski definition) is 1. The molecule has 0 saturated heterocycles. The van der Waals surface area contributed by atoms with Gasteiger partial charge in [0, 0.05) is 24.2 Å². The molecule has 31 heavy (non-hydrogen) atoms. The zero-order valence-electron chi connectivity index (χ0n) is 16.0. The summed E-state index contributed by atoms with van der Waals surface area (Å²) in [5, 5.41) is 15.1. The lowest BCUT2D eigenvalue weighted by Crippen LogP contribution is -2.34. The second-order valence-electron chi connectivity index (χ2n) is 7.19. The first-order valence-electron chi connectivity index (χ1n) is 9.37. The summed E-state index contributed by atoms with van der Waals surface area (Å²) in [7, 11) is 0. The van der Waals surface area contributed by atoms with Crippen LogP contribution in [0.3, 0.4) is 0 Å². The third-order valence-corrected chi connectivity index (χ3v) is 5.04. The number of pyridine rings is 1. The molecule has 0 unspecified atom stereocenters. The molecule has 0 aliphatic heterocycles. The Morgan fingerprint density at radius 1 is 1.35 bits per heavy atom. The molecule has 0 radical (unpaired) electrons. The molecule has 0 atom stereocenters. The van der Waals surface area contributed by atoms with Crippen LogP contribution in [0.5, 0.6) is 0 Å².